The van der Waals surface area contributed by atoms with Crippen LogP contribution in [-0.2, 0) is 0 Å². The van der Waals surface area contributed by atoms with Gasteiger partial charge in [-0.2, -0.15) is 0 Å². The summed E-state index contributed by atoms with van der Waals surface area (Å²) in [5.41, 5.74) is 8.75. The van der Waals surface area contributed by atoms with Gasteiger partial charge in [0.15, 0.2) is 0 Å². The van der Waals surface area contributed by atoms with Gasteiger partial charge in [-0.3, -0.25) is 10.3 Å². The topological polar surface area (TPSA) is 108 Å². The van der Waals surface area contributed by atoms with E-state index in [2.05, 4.69) is 12.2 Å². The highest BCUT2D eigenvalue weighted by molar-refractivity contribution is 6.13. The molecule has 0 fully saturated rings. The Kier molecular flexibility index (Phi) is 6.02. The average molecular weight is 434 g/mol. The summed E-state index contributed by atoms with van der Waals surface area (Å²) < 4.78 is 10.8. The van der Waals surface area contributed by atoms with Crippen LogP contribution in [0.5, 0.6) is 5.75 Å². The largest absolute Gasteiger partial charge is 0.497 e. The van der Waals surface area contributed by atoms with E-state index < -0.39 is 6.03 Å². The summed E-state index contributed by atoms with van der Waals surface area (Å²) in [6.45, 7) is 2.64. The van der Waals surface area contributed by atoms with Gasteiger partial charge in [0.1, 0.15) is 17.8 Å². The number of anilines is 3. The maximum absolute atomic E-state index is 11.9. The Morgan fingerprint density at radius 1 is 1.19 bits per heavy atom. The lowest BCUT2D eigenvalue weighted by Gasteiger charge is -2.38. The van der Waals surface area contributed by atoms with Crippen molar-refractivity contribution in [2.45, 2.75) is 25.9 Å². The van der Waals surface area contributed by atoms with Crippen molar-refractivity contribution in [3.63, 3.8) is 0 Å². The van der Waals surface area contributed by atoms with E-state index in [0.717, 1.165) is 35.5 Å². The predicted molar refractivity (Wildman–Crippen MR) is 126 cm³/mol. The number of nitrogens with one attached hydrogen (secondary N) is 2. The minimum Gasteiger partial charge on any atom is -0.497 e. The zero-order valence-corrected chi connectivity index (χ0v) is 18.2. The van der Waals surface area contributed by atoms with E-state index in [1.54, 1.807) is 24.3 Å². The van der Waals surface area contributed by atoms with Crippen molar-refractivity contribution in [1.82, 2.24) is 0 Å². The molecule has 2 aromatic carbocycles. The summed E-state index contributed by atoms with van der Waals surface area (Å²) in [6.07, 6.45) is 3.05. The second-order valence-electron chi connectivity index (χ2n) is 7.56. The van der Waals surface area contributed by atoms with E-state index in [-0.39, 0.29) is 6.17 Å². The van der Waals surface area contributed by atoms with Gasteiger partial charge in [-0.25, -0.2) is 4.79 Å². The van der Waals surface area contributed by atoms with Crippen LogP contribution in [0.1, 0.15) is 37.1 Å². The van der Waals surface area contributed by atoms with Gasteiger partial charge in [0.05, 0.1) is 18.9 Å². The van der Waals surface area contributed by atoms with Crippen LogP contribution in [0.4, 0.5) is 22.1 Å². The second kappa shape index (κ2) is 9.05. The number of fused-ring (bicyclic) bond motifs is 1. The summed E-state index contributed by atoms with van der Waals surface area (Å²) in [5.74, 6) is 1.63. The Hall–Kier alpha value is -3.94. The third-order valence-corrected chi connectivity index (χ3v) is 5.56. The fraction of sp³-hybridized carbons (Fsp3) is 0.250. The van der Waals surface area contributed by atoms with Crippen molar-refractivity contribution >= 4 is 29.1 Å². The van der Waals surface area contributed by atoms with Crippen molar-refractivity contribution in [3.8, 4) is 5.75 Å². The lowest BCUT2D eigenvalue weighted by Crippen LogP contribution is -2.42. The molecule has 3 aromatic rings. The molecule has 2 amide bonds. The van der Waals surface area contributed by atoms with Gasteiger partial charge in [0, 0.05) is 17.9 Å². The van der Waals surface area contributed by atoms with E-state index in [4.69, 9.17) is 20.3 Å². The molecule has 1 aromatic heterocycles. The summed E-state index contributed by atoms with van der Waals surface area (Å²) in [7, 11) is 1.63. The smallest absolute Gasteiger partial charge is 0.319 e. The van der Waals surface area contributed by atoms with Crippen LogP contribution in [0.15, 0.2) is 65.3 Å². The van der Waals surface area contributed by atoms with Gasteiger partial charge in [-0.05, 0) is 54.4 Å². The van der Waals surface area contributed by atoms with Crippen molar-refractivity contribution in [1.29, 1.82) is 5.41 Å². The number of rotatable bonds is 7. The van der Waals surface area contributed by atoms with Crippen LogP contribution < -0.4 is 25.6 Å². The number of unbranched alkanes of at least 4 members (excludes halogenated alkanes) is 1. The highest BCUT2D eigenvalue weighted by atomic mass is 16.5. The molecule has 0 saturated heterocycles. The number of carbonyl (C=O) groups excluding carboxylic acids is 1. The number of hydrogen-bond acceptors (Lipinski definition) is 5. The SMILES string of the molecule is CCCCN(C(N)=O)c1ccc(N2C(=N)c3ccoc3NC2c2ccc(OC)cc2)cc1. The van der Waals surface area contributed by atoms with Crippen molar-refractivity contribution in [2.75, 3.05) is 28.8 Å². The number of methoxy groups -OCH3 is 1. The minimum absolute atomic E-state index is 0.318. The van der Waals surface area contributed by atoms with Crippen LogP contribution >= 0.6 is 0 Å². The molecule has 0 bridgehead atoms. The Morgan fingerprint density at radius 3 is 2.53 bits per heavy atom. The van der Waals surface area contributed by atoms with E-state index in [0.29, 0.717) is 23.8 Å². The average Bonchev–Trinajstić information content (AvgIpc) is 3.29. The summed E-state index contributed by atoms with van der Waals surface area (Å²) in [4.78, 5) is 15.4. The zero-order chi connectivity index (χ0) is 22.7. The van der Waals surface area contributed by atoms with Crippen LogP contribution in [-0.4, -0.2) is 25.5 Å². The number of primary amides is 1. The van der Waals surface area contributed by atoms with Gasteiger partial charge in [-0.1, -0.05) is 25.5 Å². The van der Waals surface area contributed by atoms with E-state index in [1.165, 1.54) is 0 Å². The molecule has 1 unspecified atom stereocenters. The number of carbonyl (C=O) groups is 1. The number of hydrogen-bond donors (Lipinski definition) is 3. The van der Waals surface area contributed by atoms with Crippen LogP contribution in [0.2, 0.25) is 0 Å². The quantitative estimate of drug-likeness (QED) is 0.490. The van der Waals surface area contributed by atoms with Gasteiger partial charge in [0.2, 0.25) is 5.88 Å². The third kappa shape index (κ3) is 3.99. The van der Waals surface area contributed by atoms with Crippen LogP contribution in [0.3, 0.4) is 0 Å². The number of amides is 2. The molecule has 0 saturated carbocycles. The molecule has 1 atom stereocenters. The van der Waals surface area contributed by atoms with Crippen molar-refractivity contribution in [3.05, 3.63) is 72.0 Å². The summed E-state index contributed by atoms with van der Waals surface area (Å²) in [5, 5.41) is 12.2. The number of benzene rings is 2. The van der Waals surface area contributed by atoms with Gasteiger partial charge >= 0.3 is 6.03 Å². The Balaban J connectivity index is 1.69. The number of amidine groups is 1. The van der Waals surface area contributed by atoms with Gasteiger partial charge in [-0.15, -0.1) is 0 Å². The third-order valence-electron chi connectivity index (χ3n) is 5.56. The monoisotopic (exact) mass is 433 g/mol. The normalized spacial score (nSPS) is 15.1. The highest BCUT2D eigenvalue weighted by Crippen LogP contribution is 2.38. The molecule has 4 rings (SSSR count). The standard InChI is InChI=1S/C24H27N5O3/c1-3-4-14-28(24(26)30)17-7-9-18(10-8-17)29-21(25)20-13-15-32-23(20)27-22(29)16-5-11-19(31-2)12-6-16/h5-13,15,22,25,27H,3-4,14H2,1-2H3,(H2,26,30). The minimum atomic E-state index is -0.474. The number of urea groups is 1. The molecular formula is C24H27N5O3. The van der Waals surface area contributed by atoms with Crippen LogP contribution in [0.25, 0.3) is 0 Å². The zero-order valence-electron chi connectivity index (χ0n) is 18.2. The fourth-order valence-electron chi connectivity index (χ4n) is 3.83. The molecule has 166 valence electrons. The molecule has 8 nitrogen and oxygen atoms in total. The van der Waals surface area contributed by atoms with Gasteiger partial charge < -0.3 is 25.1 Å². The Labute approximate surface area is 187 Å². The number of ether oxygens (including phenoxy) is 1. The van der Waals surface area contributed by atoms with Crippen molar-refractivity contribution < 1.29 is 13.9 Å². The first-order valence-electron chi connectivity index (χ1n) is 10.6. The molecule has 32 heavy (non-hydrogen) atoms. The Morgan fingerprint density at radius 2 is 1.91 bits per heavy atom. The fourth-order valence-corrected chi connectivity index (χ4v) is 3.83. The Bertz CT molecular complexity index is 1090. The van der Waals surface area contributed by atoms with Gasteiger partial charge in [0.25, 0.3) is 0 Å². The number of nitrogens with zero attached hydrogens (tertiary/aromatic N) is 2. The summed E-state index contributed by atoms with van der Waals surface area (Å²) in [6, 6.07) is 16.5. The molecular weight excluding hydrogens is 406 g/mol. The summed E-state index contributed by atoms with van der Waals surface area (Å²) >= 11 is 0. The number of furan rings is 1. The predicted octanol–water partition coefficient (Wildman–Crippen LogP) is 4.93. The first-order valence-corrected chi connectivity index (χ1v) is 10.6. The lowest BCUT2D eigenvalue weighted by molar-refractivity contribution is 0.254. The molecule has 0 spiro atoms. The molecule has 0 radical (unpaired) electrons. The number of nitrogens with two attached hydrogens (primary N) is 1. The molecule has 0 aliphatic carbocycles. The van der Waals surface area contributed by atoms with Crippen LogP contribution in [0, 0.1) is 5.41 Å². The van der Waals surface area contributed by atoms with Crippen molar-refractivity contribution in [2.24, 2.45) is 5.73 Å². The molecule has 8 heteroatoms. The molecule has 1 aliphatic heterocycles. The first kappa shape index (κ1) is 21.3. The maximum atomic E-state index is 11.9. The maximum Gasteiger partial charge on any atom is 0.319 e. The first-order chi connectivity index (χ1) is 15.5. The molecule has 1 aliphatic rings. The second-order valence-corrected chi connectivity index (χ2v) is 7.56. The van der Waals surface area contributed by atoms with E-state index in [9.17, 15) is 4.79 Å². The lowest BCUT2D eigenvalue weighted by atomic mass is 10.1. The highest BCUT2D eigenvalue weighted by Gasteiger charge is 2.33. The molecule has 2 heterocycles. The van der Waals surface area contributed by atoms with E-state index >= 15 is 0 Å². The molecule has 4 N–H and O–H groups in total. The van der Waals surface area contributed by atoms with E-state index in [1.807, 2.05) is 53.4 Å².